The molecule has 1 aromatic rings. The number of nitrogens with zero attached hydrogens (tertiary/aromatic N) is 1. The minimum Gasteiger partial charge on any atom is -0.496 e. The van der Waals surface area contributed by atoms with Gasteiger partial charge in [0.15, 0.2) is 5.75 Å². The number of rotatable bonds is 8. The molecule has 2 rings (SSSR count). The maximum atomic E-state index is 12.3. The van der Waals surface area contributed by atoms with Crippen molar-refractivity contribution in [1.82, 2.24) is 10.6 Å². The molecule has 2 N–H and O–H groups in total. The number of amides is 2. The van der Waals surface area contributed by atoms with Crippen LogP contribution in [0.5, 0.6) is 11.5 Å². The van der Waals surface area contributed by atoms with Crippen molar-refractivity contribution >= 4 is 17.7 Å². The molecule has 0 aromatic heterocycles. The minimum atomic E-state index is -0.603. The number of esters is 1. The smallest absolute Gasteiger partial charge is 0.338 e. The van der Waals surface area contributed by atoms with Gasteiger partial charge in [0.1, 0.15) is 12.4 Å². The maximum absolute atomic E-state index is 12.3. The molecule has 0 radical (unpaired) electrons. The molecule has 1 heterocycles. The summed E-state index contributed by atoms with van der Waals surface area (Å²) in [5.41, 5.74) is 0.143. The van der Waals surface area contributed by atoms with E-state index in [9.17, 15) is 19.7 Å². The van der Waals surface area contributed by atoms with Crippen LogP contribution in [0.1, 0.15) is 20.3 Å². The van der Waals surface area contributed by atoms with Crippen LogP contribution in [-0.2, 0) is 9.53 Å². The molecule has 0 spiro atoms. The molecule has 0 saturated heterocycles. The fourth-order valence-electron chi connectivity index (χ4n) is 2.61. The summed E-state index contributed by atoms with van der Waals surface area (Å²) in [7, 11) is 1.39. The van der Waals surface area contributed by atoms with E-state index in [2.05, 4.69) is 10.6 Å². The summed E-state index contributed by atoms with van der Waals surface area (Å²) in [4.78, 5) is 34.8. The molecule has 146 valence electrons. The number of nitro benzene ring substituents is 1. The van der Waals surface area contributed by atoms with E-state index < -0.39 is 23.0 Å². The Morgan fingerprint density at radius 1 is 1.33 bits per heavy atom. The average Bonchev–Trinajstić information content (AvgIpc) is 2.65. The van der Waals surface area contributed by atoms with Gasteiger partial charge in [-0.05, 0) is 25.5 Å². The Balaban J connectivity index is 2.33. The zero-order valence-corrected chi connectivity index (χ0v) is 15.2. The molecule has 1 atom stereocenters. The molecule has 27 heavy (non-hydrogen) atoms. The van der Waals surface area contributed by atoms with Gasteiger partial charge >= 0.3 is 17.7 Å². The zero-order valence-electron chi connectivity index (χ0n) is 15.2. The molecular formula is C17H21N3O7. The second-order valence-electron chi connectivity index (χ2n) is 5.55. The number of hydrogen-bond acceptors (Lipinski definition) is 7. The normalized spacial score (nSPS) is 16.3. The highest BCUT2D eigenvalue weighted by Crippen LogP contribution is 2.31. The number of carbonyl (C=O) groups excluding carboxylic acids is 2. The molecule has 1 aliphatic heterocycles. The Morgan fingerprint density at radius 3 is 2.67 bits per heavy atom. The van der Waals surface area contributed by atoms with Gasteiger partial charge in [0.2, 0.25) is 0 Å². The Morgan fingerprint density at radius 2 is 2.07 bits per heavy atom. The van der Waals surface area contributed by atoms with Gasteiger partial charge in [-0.3, -0.25) is 10.1 Å². The van der Waals surface area contributed by atoms with Gasteiger partial charge in [0.05, 0.1) is 42.0 Å². The molecule has 0 fully saturated rings. The highest BCUT2D eigenvalue weighted by atomic mass is 16.6. The first kappa shape index (κ1) is 20.0. The highest BCUT2D eigenvalue weighted by Gasteiger charge is 2.32. The number of urea groups is 1. The van der Waals surface area contributed by atoms with Crippen LogP contribution in [0.15, 0.2) is 29.5 Å². The second kappa shape index (κ2) is 8.88. The van der Waals surface area contributed by atoms with Crippen molar-refractivity contribution in [3.05, 3.63) is 39.6 Å². The van der Waals surface area contributed by atoms with Crippen LogP contribution in [0.2, 0.25) is 0 Å². The van der Waals surface area contributed by atoms with E-state index in [1.807, 2.05) is 6.92 Å². The number of ether oxygens (including phenoxy) is 3. The van der Waals surface area contributed by atoms with Crippen molar-refractivity contribution in [3.63, 3.8) is 0 Å². The van der Waals surface area contributed by atoms with Crippen molar-refractivity contribution in [2.45, 2.75) is 26.3 Å². The molecule has 0 aliphatic carbocycles. The molecule has 1 aromatic carbocycles. The van der Waals surface area contributed by atoms with Gasteiger partial charge in [0, 0.05) is 0 Å². The molecular weight excluding hydrogens is 358 g/mol. The van der Waals surface area contributed by atoms with Gasteiger partial charge in [-0.1, -0.05) is 6.92 Å². The lowest BCUT2D eigenvalue weighted by Gasteiger charge is -2.28. The fourth-order valence-corrected chi connectivity index (χ4v) is 2.61. The Labute approximate surface area is 155 Å². The molecule has 0 unspecified atom stereocenters. The molecule has 10 nitrogen and oxygen atoms in total. The Kier molecular flexibility index (Phi) is 6.58. The molecule has 2 amide bonds. The maximum Gasteiger partial charge on any atom is 0.338 e. The standard InChI is InChI=1S/C17H21N3O7/c1-4-11-15(16(21)26-5-2)12(19-17(22)18-11)9-27-14-7-6-10(25-3)8-13(14)20(23)24/h6-8,11H,4-5,9H2,1-3H3,(H2,18,19,22)/t11-/m0/s1. The number of methoxy groups -OCH3 is 1. The lowest BCUT2D eigenvalue weighted by molar-refractivity contribution is -0.385. The van der Waals surface area contributed by atoms with Crippen molar-refractivity contribution in [1.29, 1.82) is 0 Å². The quantitative estimate of drug-likeness (QED) is 0.401. The summed E-state index contributed by atoms with van der Waals surface area (Å²) in [6, 6.07) is 3.10. The summed E-state index contributed by atoms with van der Waals surface area (Å²) >= 11 is 0. The van der Waals surface area contributed by atoms with Crippen LogP contribution in [0.4, 0.5) is 10.5 Å². The largest absolute Gasteiger partial charge is 0.496 e. The van der Waals surface area contributed by atoms with Crippen LogP contribution in [0, 0.1) is 10.1 Å². The van der Waals surface area contributed by atoms with E-state index in [1.165, 1.54) is 25.3 Å². The van der Waals surface area contributed by atoms with Crippen molar-refractivity contribution < 1.29 is 28.7 Å². The van der Waals surface area contributed by atoms with Crippen LogP contribution in [0.3, 0.4) is 0 Å². The van der Waals surface area contributed by atoms with Gasteiger partial charge in [-0.25, -0.2) is 9.59 Å². The number of carbonyl (C=O) groups is 2. The lowest BCUT2D eigenvalue weighted by atomic mass is 10.0. The van der Waals surface area contributed by atoms with E-state index in [0.717, 1.165) is 0 Å². The van der Waals surface area contributed by atoms with Crippen molar-refractivity contribution in [3.8, 4) is 11.5 Å². The van der Waals surface area contributed by atoms with Crippen LogP contribution < -0.4 is 20.1 Å². The Bertz CT molecular complexity index is 776. The van der Waals surface area contributed by atoms with Crippen LogP contribution in [-0.4, -0.2) is 43.3 Å². The van der Waals surface area contributed by atoms with Gasteiger partial charge < -0.3 is 24.8 Å². The molecule has 10 heteroatoms. The Hall–Kier alpha value is -3.30. The summed E-state index contributed by atoms with van der Waals surface area (Å²) in [5, 5.41) is 16.4. The van der Waals surface area contributed by atoms with E-state index in [1.54, 1.807) is 6.92 Å². The fraction of sp³-hybridized carbons (Fsp3) is 0.412. The van der Waals surface area contributed by atoms with Crippen LogP contribution >= 0.6 is 0 Å². The topological polar surface area (TPSA) is 129 Å². The number of benzene rings is 1. The SMILES string of the molecule is CCOC(=O)C1=C(COc2ccc(OC)cc2[N+](=O)[O-])NC(=O)N[C@H]1CC. The lowest BCUT2D eigenvalue weighted by Crippen LogP contribution is -2.51. The monoisotopic (exact) mass is 379 g/mol. The first-order valence-electron chi connectivity index (χ1n) is 8.34. The second-order valence-corrected chi connectivity index (χ2v) is 5.55. The molecule has 0 bridgehead atoms. The van der Waals surface area contributed by atoms with Gasteiger partial charge in [-0.2, -0.15) is 0 Å². The summed E-state index contributed by atoms with van der Waals surface area (Å²) in [6.07, 6.45) is 0.466. The zero-order chi connectivity index (χ0) is 20.0. The van der Waals surface area contributed by atoms with Crippen molar-refractivity contribution in [2.24, 2.45) is 0 Å². The van der Waals surface area contributed by atoms with E-state index in [0.29, 0.717) is 12.2 Å². The third-order valence-electron chi connectivity index (χ3n) is 3.88. The number of nitro groups is 1. The number of nitrogens with one attached hydrogen (secondary N) is 2. The average molecular weight is 379 g/mol. The predicted molar refractivity (Wildman–Crippen MR) is 94.5 cm³/mol. The third kappa shape index (κ3) is 4.66. The summed E-state index contributed by atoms with van der Waals surface area (Å²) in [5.74, 6) is -0.293. The van der Waals surface area contributed by atoms with Crippen molar-refractivity contribution in [2.75, 3.05) is 20.3 Å². The first-order valence-corrected chi connectivity index (χ1v) is 8.34. The summed E-state index contributed by atoms with van der Waals surface area (Å²) in [6.45, 7) is 3.41. The third-order valence-corrected chi connectivity index (χ3v) is 3.88. The predicted octanol–water partition coefficient (Wildman–Crippen LogP) is 1.89. The van der Waals surface area contributed by atoms with Gasteiger partial charge in [-0.15, -0.1) is 0 Å². The van der Waals surface area contributed by atoms with Crippen LogP contribution in [0.25, 0.3) is 0 Å². The molecule has 1 aliphatic rings. The minimum absolute atomic E-state index is 0.0164. The van der Waals surface area contributed by atoms with E-state index in [-0.39, 0.29) is 35.9 Å². The van der Waals surface area contributed by atoms with E-state index >= 15 is 0 Å². The highest BCUT2D eigenvalue weighted by molar-refractivity contribution is 5.94. The molecule has 0 saturated carbocycles. The summed E-state index contributed by atoms with van der Waals surface area (Å²) < 4.78 is 15.6. The number of hydrogen-bond donors (Lipinski definition) is 2. The van der Waals surface area contributed by atoms with E-state index in [4.69, 9.17) is 14.2 Å². The van der Waals surface area contributed by atoms with Gasteiger partial charge in [0.25, 0.3) is 0 Å². The first-order chi connectivity index (χ1) is 12.9.